The lowest BCUT2D eigenvalue weighted by molar-refractivity contribution is 0.0726. The minimum absolute atomic E-state index is 0.0251. The SMILES string of the molecule is Cc1ccc(CN(Cc2ccc(F)cc2)C(=O)c2cc3ccccc3oc2=O)cc1. The van der Waals surface area contributed by atoms with E-state index >= 15 is 0 Å². The van der Waals surface area contributed by atoms with Gasteiger partial charge in [-0.1, -0.05) is 60.2 Å². The van der Waals surface area contributed by atoms with Crippen molar-refractivity contribution in [1.82, 2.24) is 4.90 Å². The summed E-state index contributed by atoms with van der Waals surface area (Å²) in [5.41, 5.74) is 2.55. The van der Waals surface area contributed by atoms with Crippen molar-refractivity contribution in [3.05, 3.63) is 117 Å². The Bertz CT molecular complexity index is 1200. The standard InChI is InChI=1S/C25H20FNO3/c1-17-6-8-18(9-7-17)15-27(16-19-10-12-21(26)13-11-19)24(28)22-14-20-4-2-3-5-23(20)30-25(22)29/h2-14H,15-16H2,1H3. The van der Waals surface area contributed by atoms with Crippen molar-refractivity contribution in [1.29, 1.82) is 0 Å². The maximum atomic E-state index is 13.3. The summed E-state index contributed by atoms with van der Waals surface area (Å²) in [6, 6.07) is 22.4. The molecule has 0 spiro atoms. The van der Waals surface area contributed by atoms with Gasteiger partial charge in [-0.2, -0.15) is 0 Å². The number of para-hydroxylation sites is 1. The van der Waals surface area contributed by atoms with Crippen LogP contribution in [-0.2, 0) is 13.1 Å². The van der Waals surface area contributed by atoms with Crippen LogP contribution in [0, 0.1) is 12.7 Å². The zero-order valence-corrected chi connectivity index (χ0v) is 16.5. The quantitative estimate of drug-likeness (QED) is 0.438. The maximum absolute atomic E-state index is 13.3. The summed E-state index contributed by atoms with van der Waals surface area (Å²) >= 11 is 0. The van der Waals surface area contributed by atoms with E-state index in [1.165, 1.54) is 12.1 Å². The molecular formula is C25H20FNO3. The first-order valence-corrected chi connectivity index (χ1v) is 9.62. The van der Waals surface area contributed by atoms with E-state index in [9.17, 15) is 14.0 Å². The number of carbonyl (C=O) groups excluding carboxylic acids is 1. The molecule has 3 aromatic carbocycles. The second kappa shape index (κ2) is 8.33. The number of halogens is 1. The van der Waals surface area contributed by atoms with Crippen LogP contribution in [0.15, 0.2) is 88.1 Å². The number of hydrogen-bond acceptors (Lipinski definition) is 3. The Morgan fingerprint density at radius 3 is 2.17 bits per heavy atom. The van der Waals surface area contributed by atoms with Gasteiger partial charge < -0.3 is 9.32 Å². The molecule has 1 amide bonds. The predicted molar refractivity (Wildman–Crippen MR) is 114 cm³/mol. The minimum atomic E-state index is -0.674. The zero-order valence-electron chi connectivity index (χ0n) is 16.5. The second-order valence-corrected chi connectivity index (χ2v) is 7.26. The van der Waals surface area contributed by atoms with Gasteiger partial charge in [0.1, 0.15) is 17.0 Å². The van der Waals surface area contributed by atoms with Crippen molar-refractivity contribution in [2.24, 2.45) is 0 Å². The van der Waals surface area contributed by atoms with Crippen LogP contribution in [0.2, 0.25) is 0 Å². The van der Waals surface area contributed by atoms with E-state index < -0.39 is 11.5 Å². The third kappa shape index (κ3) is 4.30. The monoisotopic (exact) mass is 401 g/mol. The molecule has 150 valence electrons. The van der Waals surface area contributed by atoms with E-state index in [0.29, 0.717) is 17.5 Å². The molecule has 0 radical (unpaired) electrons. The Hall–Kier alpha value is -3.73. The van der Waals surface area contributed by atoms with Crippen LogP contribution in [-0.4, -0.2) is 10.8 Å². The smallest absolute Gasteiger partial charge is 0.349 e. The fourth-order valence-corrected chi connectivity index (χ4v) is 3.30. The summed E-state index contributed by atoms with van der Waals surface area (Å²) < 4.78 is 18.6. The molecule has 4 nitrogen and oxygen atoms in total. The highest BCUT2D eigenvalue weighted by molar-refractivity contribution is 5.96. The molecule has 30 heavy (non-hydrogen) atoms. The lowest BCUT2D eigenvalue weighted by Gasteiger charge is -2.23. The first kappa shape index (κ1) is 19.6. The second-order valence-electron chi connectivity index (χ2n) is 7.26. The van der Waals surface area contributed by atoms with Crippen LogP contribution < -0.4 is 5.63 Å². The maximum Gasteiger partial charge on any atom is 0.349 e. The fourth-order valence-electron chi connectivity index (χ4n) is 3.30. The molecular weight excluding hydrogens is 381 g/mol. The highest BCUT2D eigenvalue weighted by Gasteiger charge is 2.21. The highest BCUT2D eigenvalue weighted by atomic mass is 19.1. The van der Waals surface area contributed by atoms with Crippen molar-refractivity contribution >= 4 is 16.9 Å². The molecule has 0 unspecified atom stereocenters. The zero-order chi connectivity index (χ0) is 21.1. The Morgan fingerprint density at radius 1 is 0.900 bits per heavy atom. The van der Waals surface area contributed by atoms with Crippen LogP contribution in [0.4, 0.5) is 4.39 Å². The molecule has 0 N–H and O–H groups in total. The fraction of sp³-hybridized carbons (Fsp3) is 0.120. The van der Waals surface area contributed by atoms with E-state index in [1.807, 2.05) is 37.3 Å². The average molecular weight is 401 g/mol. The first-order valence-electron chi connectivity index (χ1n) is 9.62. The van der Waals surface area contributed by atoms with Gasteiger partial charge in [-0.25, -0.2) is 9.18 Å². The number of carbonyl (C=O) groups is 1. The number of amides is 1. The highest BCUT2D eigenvalue weighted by Crippen LogP contribution is 2.17. The summed E-state index contributed by atoms with van der Waals surface area (Å²) in [6.07, 6.45) is 0. The van der Waals surface area contributed by atoms with Gasteiger partial charge in [0, 0.05) is 18.5 Å². The number of benzene rings is 3. The molecule has 4 rings (SSSR count). The average Bonchev–Trinajstić information content (AvgIpc) is 2.75. The van der Waals surface area contributed by atoms with Gasteiger partial charge in [0.05, 0.1) is 0 Å². The molecule has 0 saturated carbocycles. The van der Waals surface area contributed by atoms with Crippen LogP contribution in [0.1, 0.15) is 27.0 Å². The summed E-state index contributed by atoms with van der Waals surface area (Å²) in [6.45, 7) is 2.54. The van der Waals surface area contributed by atoms with Crippen molar-refractivity contribution in [3.8, 4) is 0 Å². The molecule has 0 fully saturated rings. The molecule has 0 saturated heterocycles. The Balaban J connectivity index is 1.71. The van der Waals surface area contributed by atoms with Gasteiger partial charge >= 0.3 is 5.63 Å². The van der Waals surface area contributed by atoms with Crippen molar-refractivity contribution in [2.45, 2.75) is 20.0 Å². The topological polar surface area (TPSA) is 50.5 Å². The number of aryl methyl sites for hydroxylation is 1. The summed E-state index contributed by atoms with van der Waals surface area (Å²) in [4.78, 5) is 27.4. The Kier molecular flexibility index (Phi) is 5.44. The van der Waals surface area contributed by atoms with E-state index in [2.05, 4.69) is 0 Å². The summed E-state index contributed by atoms with van der Waals surface area (Å²) in [5, 5.41) is 0.678. The molecule has 1 heterocycles. The van der Waals surface area contributed by atoms with Crippen LogP contribution >= 0.6 is 0 Å². The first-order chi connectivity index (χ1) is 14.5. The molecule has 0 bridgehead atoms. The lowest BCUT2D eigenvalue weighted by atomic mass is 10.1. The van der Waals surface area contributed by atoms with Crippen LogP contribution in [0.25, 0.3) is 11.0 Å². The van der Waals surface area contributed by atoms with Gasteiger partial charge in [-0.3, -0.25) is 4.79 Å². The van der Waals surface area contributed by atoms with Crippen molar-refractivity contribution < 1.29 is 13.6 Å². The lowest BCUT2D eigenvalue weighted by Crippen LogP contribution is -2.33. The summed E-state index contributed by atoms with van der Waals surface area (Å²) in [7, 11) is 0. The minimum Gasteiger partial charge on any atom is -0.422 e. The van der Waals surface area contributed by atoms with E-state index in [-0.39, 0.29) is 17.9 Å². The van der Waals surface area contributed by atoms with Gasteiger partial charge in [0.25, 0.3) is 5.91 Å². The van der Waals surface area contributed by atoms with E-state index in [0.717, 1.165) is 16.7 Å². The predicted octanol–water partition coefficient (Wildman–Crippen LogP) is 5.08. The molecule has 0 aliphatic rings. The van der Waals surface area contributed by atoms with Gasteiger partial charge in [0.2, 0.25) is 0 Å². The summed E-state index contributed by atoms with van der Waals surface area (Å²) in [5.74, 6) is -0.773. The normalized spacial score (nSPS) is 10.9. The van der Waals surface area contributed by atoms with E-state index in [1.54, 1.807) is 41.3 Å². The largest absolute Gasteiger partial charge is 0.422 e. The van der Waals surface area contributed by atoms with Crippen LogP contribution in [0.5, 0.6) is 0 Å². The molecule has 4 aromatic rings. The number of fused-ring (bicyclic) bond motifs is 1. The van der Waals surface area contributed by atoms with Crippen molar-refractivity contribution in [2.75, 3.05) is 0 Å². The van der Waals surface area contributed by atoms with E-state index in [4.69, 9.17) is 4.42 Å². The molecule has 5 heteroatoms. The Labute approximate surface area is 173 Å². The Morgan fingerprint density at radius 2 is 1.50 bits per heavy atom. The van der Waals surface area contributed by atoms with Gasteiger partial charge in [-0.15, -0.1) is 0 Å². The molecule has 0 aliphatic heterocycles. The van der Waals surface area contributed by atoms with Crippen LogP contribution in [0.3, 0.4) is 0 Å². The van der Waals surface area contributed by atoms with Gasteiger partial charge in [0.15, 0.2) is 0 Å². The molecule has 1 aromatic heterocycles. The number of nitrogens with zero attached hydrogens (tertiary/aromatic N) is 1. The number of rotatable bonds is 5. The third-order valence-corrected chi connectivity index (χ3v) is 4.94. The van der Waals surface area contributed by atoms with Crippen molar-refractivity contribution in [3.63, 3.8) is 0 Å². The third-order valence-electron chi connectivity index (χ3n) is 4.94. The number of hydrogen-bond donors (Lipinski definition) is 0. The van der Waals surface area contributed by atoms with Gasteiger partial charge in [-0.05, 0) is 42.3 Å². The molecule has 0 aliphatic carbocycles. The molecule has 0 atom stereocenters.